The highest BCUT2D eigenvalue weighted by atomic mass is 14.6. The zero-order valence-corrected chi connectivity index (χ0v) is 12.7. The van der Waals surface area contributed by atoms with Gasteiger partial charge in [-0.1, -0.05) is 62.8 Å². The van der Waals surface area contributed by atoms with E-state index in [1.165, 1.54) is 69.8 Å². The number of hydrogen-bond donors (Lipinski definition) is 1. The largest absolute Gasteiger partial charge is 0.324 e. The van der Waals surface area contributed by atoms with Crippen LogP contribution in [-0.2, 0) is 0 Å². The summed E-state index contributed by atoms with van der Waals surface area (Å²) in [5, 5.41) is 0. The van der Waals surface area contributed by atoms with Crippen LogP contribution in [0.25, 0.3) is 0 Å². The van der Waals surface area contributed by atoms with E-state index in [9.17, 15) is 0 Å². The molecule has 1 atom stereocenters. The van der Waals surface area contributed by atoms with E-state index in [-0.39, 0.29) is 6.04 Å². The van der Waals surface area contributed by atoms with Gasteiger partial charge in [0.25, 0.3) is 0 Å². The van der Waals surface area contributed by atoms with Crippen LogP contribution in [0.15, 0.2) is 24.3 Å². The van der Waals surface area contributed by atoms with Gasteiger partial charge in [-0.25, -0.2) is 0 Å². The van der Waals surface area contributed by atoms with Crippen molar-refractivity contribution in [2.75, 3.05) is 0 Å². The van der Waals surface area contributed by atoms with E-state index < -0.39 is 0 Å². The van der Waals surface area contributed by atoms with E-state index in [0.29, 0.717) is 0 Å². The van der Waals surface area contributed by atoms with Crippen LogP contribution in [-0.4, -0.2) is 0 Å². The monoisotopic (exact) mass is 271 g/mol. The molecule has 2 aliphatic carbocycles. The van der Waals surface area contributed by atoms with Crippen molar-refractivity contribution in [2.24, 2.45) is 11.7 Å². The molecule has 2 saturated carbocycles. The summed E-state index contributed by atoms with van der Waals surface area (Å²) in [6, 6.07) is 9.20. The lowest BCUT2D eigenvalue weighted by atomic mass is 9.76. The van der Waals surface area contributed by atoms with Gasteiger partial charge in [-0.15, -0.1) is 0 Å². The highest BCUT2D eigenvalue weighted by Crippen LogP contribution is 2.40. The van der Waals surface area contributed by atoms with Crippen LogP contribution in [0, 0.1) is 5.92 Å². The molecule has 0 aromatic heterocycles. The predicted molar refractivity (Wildman–Crippen MR) is 85.8 cm³/mol. The first-order valence-corrected chi connectivity index (χ1v) is 8.69. The minimum absolute atomic E-state index is 0.258. The lowest BCUT2D eigenvalue weighted by molar-refractivity contribution is 0.323. The minimum atomic E-state index is 0.258. The molecule has 0 aliphatic heterocycles. The van der Waals surface area contributed by atoms with E-state index in [1.807, 2.05) is 0 Å². The Morgan fingerprint density at radius 2 is 1.70 bits per heavy atom. The first-order chi connectivity index (χ1) is 9.84. The second-order valence-corrected chi connectivity index (χ2v) is 6.94. The lowest BCUT2D eigenvalue weighted by Crippen LogP contribution is -2.18. The summed E-state index contributed by atoms with van der Waals surface area (Å²) >= 11 is 0. The van der Waals surface area contributed by atoms with Crippen molar-refractivity contribution in [1.82, 2.24) is 0 Å². The Morgan fingerprint density at radius 3 is 2.40 bits per heavy atom. The fourth-order valence-electron chi connectivity index (χ4n) is 3.99. The first kappa shape index (κ1) is 14.1. The van der Waals surface area contributed by atoms with Crippen molar-refractivity contribution in [3.8, 4) is 0 Å². The van der Waals surface area contributed by atoms with E-state index >= 15 is 0 Å². The predicted octanol–water partition coefficient (Wildman–Crippen LogP) is 5.31. The van der Waals surface area contributed by atoms with Gasteiger partial charge in [0, 0.05) is 6.04 Å². The van der Waals surface area contributed by atoms with Crippen molar-refractivity contribution >= 4 is 0 Å². The molecule has 3 rings (SSSR count). The van der Waals surface area contributed by atoms with Gasteiger partial charge in [0.05, 0.1) is 0 Å². The lowest BCUT2D eigenvalue weighted by Gasteiger charge is -2.30. The molecule has 2 N–H and O–H groups in total. The molecule has 0 heterocycles. The maximum Gasteiger partial charge on any atom is 0.0297 e. The summed E-state index contributed by atoms with van der Waals surface area (Å²) in [7, 11) is 0. The molecule has 1 unspecified atom stereocenters. The second-order valence-electron chi connectivity index (χ2n) is 6.94. The van der Waals surface area contributed by atoms with Crippen LogP contribution in [0.3, 0.4) is 0 Å². The zero-order chi connectivity index (χ0) is 13.8. The van der Waals surface area contributed by atoms with Gasteiger partial charge in [-0.2, -0.15) is 0 Å². The maximum atomic E-state index is 6.53. The zero-order valence-electron chi connectivity index (χ0n) is 12.7. The molecule has 0 spiro atoms. The van der Waals surface area contributed by atoms with Crippen molar-refractivity contribution < 1.29 is 0 Å². The molecule has 1 nitrogen and oxygen atoms in total. The summed E-state index contributed by atoms with van der Waals surface area (Å²) in [6.07, 6.45) is 13.9. The smallest absolute Gasteiger partial charge is 0.0297 e. The number of rotatable bonds is 5. The quantitative estimate of drug-likeness (QED) is 0.771. The summed E-state index contributed by atoms with van der Waals surface area (Å²) in [5.74, 6) is 1.75. The van der Waals surface area contributed by atoms with Crippen LogP contribution in [0.4, 0.5) is 0 Å². The molecule has 110 valence electrons. The van der Waals surface area contributed by atoms with Gasteiger partial charge < -0.3 is 5.73 Å². The van der Waals surface area contributed by atoms with Crippen molar-refractivity contribution in [2.45, 2.75) is 76.2 Å². The van der Waals surface area contributed by atoms with Gasteiger partial charge in [-0.05, 0) is 48.6 Å². The van der Waals surface area contributed by atoms with Gasteiger partial charge in [-0.3, -0.25) is 0 Å². The van der Waals surface area contributed by atoms with Gasteiger partial charge in [0.15, 0.2) is 0 Å². The van der Waals surface area contributed by atoms with Gasteiger partial charge >= 0.3 is 0 Å². The Bertz CT molecular complexity index is 416. The highest BCUT2D eigenvalue weighted by Gasteiger charge is 2.24. The molecule has 0 saturated heterocycles. The van der Waals surface area contributed by atoms with E-state index in [0.717, 1.165) is 11.8 Å². The van der Waals surface area contributed by atoms with Crippen molar-refractivity contribution in [3.05, 3.63) is 35.4 Å². The Morgan fingerprint density at radius 1 is 0.950 bits per heavy atom. The molecule has 0 radical (unpaired) electrons. The molecule has 0 bridgehead atoms. The molecular weight excluding hydrogens is 242 g/mol. The van der Waals surface area contributed by atoms with Crippen LogP contribution in [0.1, 0.15) is 87.3 Å². The molecule has 20 heavy (non-hydrogen) atoms. The fraction of sp³-hybridized carbons (Fsp3) is 0.684. The molecule has 1 heteroatoms. The second kappa shape index (κ2) is 6.76. The number of hydrogen-bond acceptors (Lipinski definition) is 1. The SMILES string of the molecule is NC(CCC1CCCCC1)c1ccccc1C1CCC1. The molecule has 1 aromatic rings. The summed E-state index contributed by atoms with van der Waals surface area (Å²) < 4.78 is 0. The summed E-state index contributed by atoms with van der Waals surface area (Å²) in [6.45, 7) is 0. The molecular formula is C19H29N. The van der Waals surface area contributed by atoms with Crippen LogP contribution >= 0.6 is 0 Å². The minimum Gasteiger partial charge on any atom is -0.324 e. The van der Waals surface area contributed by atoms with Crippen molar-refractivity contribution in [1.29, 1.82) is 0 Å². The van der Waals surface area contributed by atoms with Gasteiger partial charge in [0.2, 0.25) is 0 Å². The van der Waals surface area contributed by atoms with Crippen molar-refractivity contribution in [3.63, 3.8) is 0 Å². The van der Waals surface area contributed by atoms with E-state index in [1.54, 1.807) is 5.56 Å². The van der Waals surface area contributed by atoms with Gasteiger partial charge in [0.1, 0.15) is 0 Å². The average molecular weight is 271 g/mol. The third-order valence-corrected chi connectivity index (χ3v) is 5.55. The Balaban J connectivity index is 1.59. The van der Waals surface area contributed by atoms with Crippen LogP contribution in [0.5, 0.6) is 0 Å². The maximum absolute atomic E-state index is 6.53. The molecule has 2 fully saturated rings. The third kappa shape index (κ3) is 3.25. The van der Waals surface area contributed by atoms with E-state index in [4.69, 9.17) is 5.73 Å². The Labute approximate surface area is 124 Å². The number of nitrogens with two attached hydrogens (primary N) is 1. The molecule has 1 aromatic carbocycles. The Hall–Kier alpha value is -0.820. The molecule has 2 aliphatic rings. The average Bonchev–Trinajstić information content (AvgIpc) is 2.45. The normalized spacial score (nSPS) is 22.4. The van der Waals surface area contributed by atoms with Crippen LogP contribution in [0.2, 0.25) is 0 Å². The summed E-state index contributed by atoms with van der Waals surface area (Å²) in [4.78, 5) is 0. The third-order valence-electron chi connectivity index (χ3n) is 5.55. The molecule has 0 amide bonds. The standard InChI is InChI=1S/C19H29N/c20-19(14-13-15-7-2-1-3-8-15)18-12-5-4-11-17(18)16-9-6-10-16/h4-5,11-12,15-16,19H,1-3,6-10,13-14,20H2. The highest BCUT2D eigenvalue weighted by molar-refractivity contribution is 5.34. The number of benzene rings is 1. The van der Waals surface area contributed by atoms with E-state index in [2.05, 4.69) is 24.3 Å². The topological polar surface area (TPSA) is 26.0 Å². The first-order valence-electron chi connectivity index (χ1n) is 8.69. The van der Waals surface area contributed by atoms with Crippen LogP contribution < -0.4 is 5.73 Å². The Kier molecular flexibility index (Phi) is 4.77. The summed E-state index contributed by atoms with van der Waals surface area (Å²) in [5.41, 5.74) is 9.52. The fourth-order valence-corrected chi connectivity index (χ4v) is 3.99.